The summed E-state index contributed by atoms with van der Waals surface area (Å²) in [4.78, 5) is 0. The van der Waals surface area contributed by atoms with Crippen molar-refractivity contribution in [3.05, 3.63) is 23.8 Å². The van der Waals surface area contributed by atoms with Gasteiger partial charge in [0.1, 0.15) is 0 Å². The molecule has 1 atom stereocenters. The van der Waals surface area contributed by atoms with Gasteiger partial charge in [-0.1, -0.05) is 6.07 Å². The number of hydrogen-bond acceptors (Lipinski definition) is 3. The van der Waals surface area contributed by atoms with E-state index in [0.717, 1.165) is 13.2 Å². The molecule has 1 unspecified atom stereocenters. The molecule has 0 aliphatic carbocycles. The summed E-state index contributed by atoms with van der Waals surface area (Å²) in [5, 5.41) is 6.83. The molecule has 1 aromatic carbocycles. The van der Waals surface area contributed by atoms with Crippen molar-refractivity contribution in [3.63, 3.8) is 0 Å². The maximum Gasteiger partial charge on any atom is 0.0681 e. The molecule has 3 heteroatoms. The minimum Gasteiger partial charge on any atom is -0.382 e. The third-order valence-corrected chi connectivity index (χ3v) is 2.44. The third kappa shape index (κ3) is 1.82. The normalized spacial score (nSPS) is 19.4. The van der Waals surface area contributed by atoms with Gasteiger partial charge in [-0.05, 0) is 24.6 Å². The van der Waals surface area contributed by atoms with Crippen molar-refractivity contribution in [2.24, 2.45) is 0 Å². The lowest BCUT2D eigenvalue weighted by Gasteiger charge is -2.28. The molecule has 0 aromatic heterocycles. The Balaban J connectivity index is 2.15. The van der Waals surface area contributed by atoms with Gasteiger partial charge in [-0.15, -0.1) is 0 Å². The fraction of sp³-hybridized carbons (Fsp3) is 0.455. The van der Waals surface area contributed by atoms with Crippen LogP contribution >= 0.6 is 0 Å². The van der Waals surface area contributed by atoms with E-state index in [4.69, 9.17) is 4.74 Å². The Morgan fingerprint density at radius 3 is 3.07 bits per heavy atom. The molecular weight excluding hydrogens is 176 g/mol. The van der Waals surface area contributed by atoms with Crippen molar-refractivity contribution in [2.75, 3.05) is 30.9 Å². The summed E-state index contributed by atoms with van der Waals surface area (Å²) in [7, 11) is 1.73. The zero-order valence-electron chi connectivity index (χ0n) is 8.63. The Morgan fingerprint density at radius 1 is 1.43 bits per heavy atom. The van der Waals surface area contributed by atoms with Crippen LogP contribution < -0.4 is 10.6 Å². The molecular formula is C11H16N2O. The molecule has 1 aliphatic heterocycles. The van der Waals surface area contributed by atoms with Gasteiger partial charge in [0.2, 0.25) is 0 Å². The molecule has 0 fully saturated rings. The molecule has 0 radical (unpaired) electrons. The molecule has 0 bridgehead atoms. The van der Waals surface area contributed by atoms with Crippen LogP contribution in [0.25, 0.3) is 0 Å². The van der Waals surface area contributed by atoms with Crippen molar-refractivity contribution in [1.29, 1.82) is 0 Å². The molecule has 0 amide bonds. The van der Waals surface area contributed by atoms with Crippen LogP contribution in [-0.2, 0) is 4.74 Å². The van der Waals surface area contributed by atoms with E-state index in [2.05, 4.69) is 35.8 Å². The second-order valence-electron chi connectivity index (χ2n) is 3.73. The van der Waals surface area contributed by atoms with Crippen LogP contribution in [0.5, 0.6) is 0 Å². The van der Waals surface area contributed by atoms with Crippen LogP contribution in [0.1, 0.15) is 5.56 Å². The number of rotatable bonds is 2. The Kier molecular flexibility index (Phi) is 2.59. The number of aryl methyl sites for hydroxylation is 1. The Hall–Kier alpha value is -1.22. The van der Waals surface area contributed by atoms with Gasteiger partial charge < -0.3 is 15.4 Å². The lowest BCUT2D eigenvalue weighted by molar-refractivity contribution is 0.188. The second-order valence-corrected chi connectivity index (χ2v) is 3.73. The summed E-state index contributed by atoms with van der Waals surface area (Å²) in [6.07, 6.45) is 0. The largest absolute Gasteiger partial charge is 0.382 e. The highest BCUT2D eigenvalue weighted by Crippen LogP contribution is 2.26. The topological polar surface area (TPSA) is 33.3 Å². The van der Waals surface area contributed by atoms with Crippen LogP contribution in [0.15, 0.2) is 18.2 Å². The van der Waals surface area contributed by atoms with Crippen molar-refractivity contribution in [3.8, 4) is 0 Å². The zero-order chi connectivity index (χ0) is 9.97. The number of benzene rings is 1. The van der Waals surface area contributed by atoms with Gasteiger partial charge in [-0.2, -0.15) is 0 Å². The predicted octanol–water partition coefficient (Wildman–Crippen LogP) is 1.85. The third-order valence-electron chi connectivity index (χ3n) is 2.44. The molecule has 0 saturated heterocycles. The van der Waals surface area contributed by atoms with Gasteiger partial charge in [-0.25, -0.2) is 0 Å². The quantitative estimate of drug-likeness (QED) is 0.750. The van der Waals surface area contributed by atoms with Crippen LogP contribution in [0.3, 0.4) is 0 Å². The first-order valence-corrected chi connectivity index (χ1v) is 4.89. The Bertz CT molecular complexity index is 325. The lowest BCUT2D eigenvalue weighted by Crippen LogP contribution is -2.36. The second kappa shape index (κ2) is 3.88. The molecule has 3 nitrogen and oxygen atoms in total. The number of fused-ring (bicyclic) bond motifs is 1. The van der Waals surface area contributed by atoms with E-state index in [1.54, 1.807) is 7.11 Å². The Morgan fingerprint density at radius 2 is 2.29 bits per heavy atom. The number of hydrogen-bond donors (Lipinski definition) is 2. The highest BCUT2D eigenvalue weighted by Gasteiger charge is 2.16. The predicted molar refractivity (Wildman–Crippen MR) is 59.0 cm³/mol. The highest BCUT2D eigenvalue weighted by molar-refractivity contribution is 5.72. The van der Waals surface area contributed by atoms with E-state index < -0.39 is 0 Å². The van der Waals surface area contributed by atoms with Gasteiger partial charge in [0.15, 0.2) is 0 Å². The van der Waals surface area contributed by atoms with Crippen molar-refractivity contribution in [1.82, 2.24) is 0 Å². The average molecular weight is 192 g/mol. The molecule has 1 heterocycles. The smallest absolute Gasteiger partial charge is 0.0681 e. The summed E-state index contributed by atoms with van der Waals surface area (Å²) in [5.41, 5.74) is 3.64. The molecule has 1 aliphatic rings. The van der Waals surface area contributed by atoms with E-state index in [-0.39, 0.29) is 0 Å². The first-order chi connectivity index (χ1) is 6.79. The summed E-state index contributed by atoms with van der Waals surface area (Å²) >= 11 is 0. The minimum atomic E-state index is 0.371. The standard InChI is InChI=1S/C11H16N2O/c1-8-3-4-10-11(5-8)12-6-9(13-10)7-14-2/h3-5,9,12-13H,6-7H2,1-2H3. The van der Waals surface area contributed by atoms with Gasteiger partial charge in [-0.3, -0.25) is 0 Å². The average Bonchev–Trinajstić information content (AvgIpc) is 2.19. The fourth-order valence-electron chi connectivity index (χ4n) is 1.74. The number of methoxy groups -OCH3 is 1. The number of ether oxygens (including phenoxy) is 1. The summed E-state index contributed by atoms with van der Waals surface area (Å²) in [5.74, 6) is 0. The van der Waals surface area contributed by atoms with Gasteiger partial charge in [0.25, 0.3) is 0 Å². The molecule has 76 valence electrons. The van der Waals surface area contributed by atoms with E-state index >= 15 is 0 Å². The first-order valence-electron chi connectivity index (χ1n) is 4.89. The van der Waals surface area contributed by atoms with Crippen LogP contribution in [0.4, 0.5) is 11.4 Å². The monoisotopic (exact) mass is 192 g/mol. The highest BCUT2D eigenvalue weighted by atomic mass is 16.5. The van der Waals surface area contributed by atoms with Crippen molar-refractivity contribution >= 4 is 11.4 Å². The SMILES string of the molecule is COCC1CNc2cc(C)ccc2N1. The van der Waals surface area contributed by atoms with Gasteiger partial charge in [0.05, 0.1) is 24.0 Å². The van der Waals surface area contributed by atoms with E-state index in [9.17, 15) is 0 Å². The summed E-state index contributed by atoms with van der Waals surface area (Å²) < 4.78 is 5.12. The summed E-state index contributed by atoms with van der Waals surface area (Å²) in [6, 6.07) is 6.75. The molecule has 0 spiro atoms. The van der Waals surface area contributed by atoms with Crippen LogP contribution in [-0.4, -0.2) is 26.3 Å². The molecule has 0 saturated carbocycles. The maximum atomic E-state index is 5.12. The van der Waals surface area contributed by atoms with Gasteiger partial charge in [0, 0.05) is 13.7 Å². The number of anilines is 2. The summed E-state index contributed by atoms with van der Waals surface area (Å²) in [6.45, 7) is 3.76. The first kappa shape index (κ1) is 9.34. The minimum absolute atomic E-state index is 0.371. The molecule has 2 rings (SSSR count). The maximum absolute atomic E-state index is 5.12. The molecule has 14 heavy (non-hydrogen) atoms. The zero-order valence-corrected chi connectivity index (χ0v) is 8.63. The number of nitrogens with one attached hydrogen (secondary N) is 2. The van der Waals surface area contributed by atoms with E-state index in [0.29, 0.717) is 6.04 Å². The molecule has 1 aromatic rings. The van der Waals surface area contributed by atoms with Crippen molar-refractivity contribution < 1.29 is 4.74 Å². The molecule has 2 N–H and O–H groups in total. The lowest BCUT2D eigenvalue weighted by atomic mass is 10.1. The van der Waals surface area contributed by atoms with Crippen molar-refractivity contribution in [2.45, 2.75) is 13.0 Å². The van der Waals surface area contributed by atoms with Crippen LogP contribution in [0, 0.1) is 6.92 Å². The fourth-order valence-corrected chi connectivity index (χ4v) is 1.74. The Labute approximate surface area is 84.5 Å². The van der Waals surface area contributed by atoms with Gasteiger partial charge >= 0.3 is 0 Å². The van der Waals surface area contributed by atoms with E-state index in [1.807, 2.05) is 0 Å². The van der Waals surface area contributed by atoms with E-state index in [1.165, 1.54) is 16.9 Å². The van der Waals surface area contributed by atoms with Crippen LogP contribution in [0.2, 0.25) is 0 Å².